The Morgan fingerprint density at radius 1 is 0.952 bits per heavy atom. The number of Topliss-reactive ketones (excluding diaryl/α,β-unsaturated/α-hetero) is 1. The van der Waals surface area contributed by atoms with Crippen molar-refractivity contribution >= 4 is 5.78 Å². The van der Waals surface area contributed by atoms with Gasteiger partial charge in [-0.3, -0.25) is 0 Å². The minimum Gasteiger partial charge on any atom is -0.308 e. The second-order valence-electron chi connectivity index (χ2n) is 6.64. The van der Waals surface area contributed by atoms with Crippen molar-refractivity contribution in [2.75, 3.05) is 0 Å². The third-order valence-electron chi connectivity index (χ3n) is 2.98. The number of hydrogen-bond acceptors (Lipinski definition) is 1. The molecule has 0 aliphatic carbocycles. The van der Waals surface area contributed by atoms with E-state index in [1.165, 1.54) is 12.0 Å². The molecular formula is C19H26FeO. The van der Waals surface area contributed by atoms with Crippen molar-refractivity contribution in [3.05, 3.63) is 59.7 Å². The van der Waals surface area contributed by atoms with Gasteiger partial charge in [-0.25, -0.2) is 24.3 Å². The van der Waals surface area contributed by atoms with Gasteiger partial charge in [-0.1, -0.05) is 52.5 Å². The minimum atomic E-state index is -0.256. The molecule has 1 nitrogen and oxygen atoms in total. The molecule has 2 aromatic carbocycles. The summed E-state index contributed by atoms with van der Waals surface area (Å²) in [6.45, 7) is 10.3. The van der Waals surface area contributed by atoms with Gasteiger partial charge in [0.25, 0.3) is 0 Å². The van der Waals surface area contributed by atoms with Crippen LogP contribution in [0.15, 0.2) is 48.5 Å². The van der Waals surface area contributed by atoms with E-state index >= 15 is 0 Å². The van der Waals surface area contributed by atoms with E-state index in [1.807, 2.05) is 45.0 Å². The summed E-state index contributed by atoms with van der Waals surface area (Å²) >= 11 is 0. The van der Waals surface area contributed by atoms with Crippen LogP contribution in [0.1, 0.15) is 50.5 Å². The third-order valence-corrected chi connectivity index (χ3v) is 2.98. The van der Waals surface area contributed by atoms with Crippen LogP contribution < -0.4 is 0 Å². The number of carbonyl (C=O) groups excluding carboxylic acids is 1. The first-order valence-corrected chi connectivity index (χ1v) is 7.28. The molecule has 0 radical (unpaired) electrons. The molecule has 0 atom stereocenters. The molecule has 2 heteroatoms. The molecule has 2 aromatic rings. The van der Waals surface area contributed by atoms with Gasteiger partial charge in [-0.15, -0.1) is 0 Å². The average Bonchev–Trinajstić information content (AvgIpc) is 2.98. The minimum absolute atomic E-state index is 0. The van der Waals surface area contributed by atoms with Gasteiger partial charge in [0.2, 0.25) is 0 Å². The molecule has 0 spiro atoms. The van der Waals surface area contributed by atoms with Crippen molar-refractivity contribution in [3.63, 3.8) is 0 Å². The molecule has 0 unspecified atom stereocenters. The van der Waals surface area contributed by atoms with E-state index in [0.717, 1.165) is 11.5 Å². The summed E-state index contributed by atoms with van der Waals surface area (Å²) in [5, 5.41) is 0. The van der Waals surface area contributed by atoms with Gasteiger partial charge in [0.1, 0.15) is 5.78 Å². The zero-order valence-electron chi connectivity index (χ0n) is 13.7. The van der Waals surface area contributed by atoms with Crippen molar-refractivity contribution in [2.24, 2.45) is 11.3 Å². The van der Waals surface area contributed by atoms with Crippen molar-refractivity contribution in [3.8, 4) is 0 Å². The molecule has 0 amide bonds. The normalized spacial score (nSPS) is 10.6. The SMILES string of the molecule is CC(C)(C)C(=O)[c-]1cccc1.CC(C)C[c-]1cccc1.[Fe+2]. The Balaban J connectivity index is 0.000000370. The molecule has 0 saturated carbocycles. The van der Waals surface area contributed by atoms with Crippen LogP contribution in [0.2, 0.25) is 0 Å². The van der Waals surface area contributed by atoms with Gasteiger partial charge in [0.15, 0.2) is 0 Å². The predicted molar refractivity (Wildman–Crippen MR) is 86.4 cm³/mol. The summed E-state index contributed by atoms with van der Waals surface area (Å²) in [6.07, 6.45) is 1.22. The molecule has 0 aliphatic rings. The Morgan fingerprint density at radius 2 is 1.38 bits per heavy atom. The molecule has 116 valence electrons. The van der Waals surface area contributed by atoms with Crippen LogP contribution in [-0.2, 0) is 23.5 Å². The summed E-state index contributed by atoms with van der Waals surface area (Å²) in [5.41, 5.74) is 2.02. The van der Waals surface area contributed by atoms with E-state index in [2.05, 4.69) is 38.1 Å². The topological polar surface area (TPSA) is 17.1 Å². The fourth-order valence-electron chi connectivity index (χ4n) is 1.98. The molecule has 0 N–H and O–H groups in total. The Kier molecular flexibility index (Phi) is 8.54. The first-order chi connectivity index (χ1) is 9.30. The van der Waals surface area contributed by atoms with E-state index < -0.39 is 0 Å². The first kappa shape index (κ1) is 19.9. The van der Waals surface area contributed by atoms with Crippen LogP contribution in [0.25, 0.3) is 0 Å². The predicted octanol–water partition coefficient (Wildman–Crippen LogP) is 5.24. The van der Waals surface area contributed by atoms with Crippen molar-refractivity contribution in [1.82, 2.24) is 0 Å². The van der Waals surface area contributed by atoms with E-state index in [1.54, 1.807) is 0 Å². The average molecular weight is 326 g/mol. The molecule has 0 saturated heterocycles. The van der Waals surface area contributed by atoms with Crippen LogP contribution in [0.4, 0.5) is 0 Å². The largest absolute Gasteiger partial charge is 2.00 e. The van der Waals surface area contributed by atoms with Crippen LogP contribution in [-0.4, -0.2) is 5.78 Å². The number of ketones is 1. The zero-order chi connectivity index (χ0) is 15.2. The molecule has 0 aromatic heterocycles. The summed E-state index contributed by atoms with van der Waals surface area (Å²) in [4.78, 5) is 11.5. The van der Waals surface area contributed by atoms with E-state index in [0.29, 0.717) is 0 Å². The van der Waals surface area contributed by atoms with Gasteiger partial charge in [-0.05, 0) is 0 Å². The Morgan fingerprint density at radius 3 is 1.76 bits per heavy atom. The number of hydrogen-bond donors (Lipinski definition) is 0. The van der Waals surface area contributed by atoms with Crippen LogP contribution in [0.5, 0.6) is 0 Å². The van der Waals surface area contributed by atoms with Gasteiger partial charge >= 0.3 is 17.1 Å². The van der Waals surface area contributed by atoms with Gasteiger partial charge in [0, 0.05) is 5.41 Å². The maximum atomic E-state index is 11.5. The molecule has 21 heavy (non-hydrogen) atoms. The van der Waals surface area contributed by atoms with E-state index in [-0.39, 0.29) is 28.3 Å². The third kappa shape index (κ3) is 7.45. The fraction of sp³-hybridized carbons (Fsp3) is 0.421. The van der Waals surface area contributed by atoms with Crippen molar-refractivity contribution in [2.45, 2.75) is 41.0 Å². The van der Waals surface area contributed by atoms with Crippen molar-refractivity contribution in [1.29, 1.82) is 0 Å². The molecule has 0 heterocycles. The Hall–Kier alpha value is -1.11. The van der Waals surface area contributed by atoms with E-state index in [4.69, 9.17) is 0 Å². The summed E-state index contributed by atoms with van der Waals surface area (Å²) in [7, 11) is 0. The first-order valence-electron chi connectivity index (χ1n) is 7.28. The Labute approximate surface area is 140 Å². The van der Waals surface area contributed by atoms with Crippen LogP contribution >= 0.6 is 0 Å². The molecule has 0 bridgehead atoms. The second-order valence-corrected chi connectivity index (χ2v) is 6.64. The summed E-state index contributed by atoms with van der Waals surface area (Å²) < 4.78 is 0. The van der Waals surface area contributed by atoms with E-state index in [9.17, 15) is 4.79 Å². The zero-order valence-corrected chi connectivity index (χ0v) is 14.8. The molecular weight excluding hydrogens is 300 g/mol. The fourth-order valence-corrected chi connectivity index (χ4v) is 1.98. The summed E-state index contributed by atoms with van der Waals surface area (Å²) in [5.74, 6) is 0.995. The van der Waals surface area contributed by atoms with Crippen LogP contribution in [0.3, 0.4) is 0 Å². The van der Waals surface area contributed by atoms with Gasteiger partial charge in [0.05, 0.1) is 0 Å². The molecule has 2 rings (SSSR count). The Bertz CT molecular complexity index is 484. The molecule has 0 aliphatic heterocycles. The van der Waals surface area contributed by atoms with Gasteiger partial charge < -0.3 is 4.79 Å². The quantitative estimate of drug-likeness (QED) is 0.428. The molecule has 0 fully saturated rings. The monoisotopic (exact) mass is 326 g/mol. The van der Waals surface area contributed by atoms with Gasteiger partial charge in [-0.2, -0.15) is 29.8 Å². The maximum absolute atomic E-state index is 11.5. The smallest absolute Gasteiger partial charge is 0.308 e. The van der Waals surface area contributed by atoms with Crippen LogP contribution in [0, 0.1) is 11.3 Å². The number of rotatable bonds is 3. The second kappa shape index (κ2) is 9.02. The van der Waals surface area contributed by atoms with Crippen molar-refractivity contribution < 1.29 is 21.9 Å². The maximum Gasteiger partial charge on any atom is 2.00 e. The summed E-state index contributed by atoms with van der Waals surface area (Å²) in [6, 6.07) is 16.0. The number of carbonyl (C=O) groups is 1. The standard InChI is InChI=1S/C10H13O.C9H13.Fe/c1-10(2,3)9(11)8-6-4-5-7-8;1-8(2)7-9-5-3-4-6-9;/h4-7H,1-3H3;3-6,8H,7H2,1-2H3;/q2*-1;+2.